The van der Waals surface area contributed by atoms with Crippen molar-refractivity contribution in [2.24, 2.45) is 11.8 Å². The van der Waals surface area contributed by atoms with Crippen molar-refractivity contribution >= 4 is 38.5 Å². The van der Waals surface area contributed by atoms with E-state index in [-0.39, 0.29) is 0 Å². The van der Waals surface area contributed by atoms with E-state index in [1.807, 2.05) is 0 Å². The Bertz CT molecular complexity index is 2150. The van der Waals surface area contributed by atoms with Crippen LogP contribution >= 0.6 is 0 Å². The number of rotatable bonds is 10. The Labute approximate surface area is 292 Å². The zero-order valence-corrected chi connectivity index (χ0v) is 28.8. The molecule has 0 aliphatic heterocycles. The normalized spacial score (nSPS) is 16.2. The third-order valence-electron chi connectivity index (χ3n) is 10.3. The SMILES string of the molecule is C/C=C\C=C(/C)N(c1ccc(C2=CCC(C(C)C(Cc3ccccc3)c3cccc4ccccc34)C=C2)cc1)c1cccc2ccccc12. The topological polar surface area (TPSA) is 3.24 Å². The number of anilines is 2. The summed E-state index contributed by atoms with van der Waals surface area (Å²) in [5, 5.41) is 5.19. The van der Waals surface area contributed by atoms with E-state index in [4.69, 9.17) is 0 Å². The standard InChI is InChI=1S/C48H45N/c1-4-5-15-35(2)49(48-25-14-21-42-19-10-12-23-45(42)48)43-32-30-40(31-33-43)39-28-26-38(27-29-39)36(3)47(34-37-16-7-6-8-17-37)46-24-13-20-41-18-9-11-22-44(41)46/h4-26,28-33,36,38,47H,27,34H2,1-3H3/b5-4-,35-15+. The van der Waals surface area contributed by atoms with Gasteiger partial charge in [0.15, 0.2) is 0 Å². The monoisotopic (exact) mass is 635 g/mol. The van der Waals surface area contributed by atoms with E-state index in [0.717, 1.165) is 18.5 Å². The second-order valence-electron chi connectivity index (χ2n) is 13.4. The van der Waals surface area contributed by atoms with E-state index in [9.17, 15) is 0 Å². The Morgan fingerprint density at radius 3 is 2.10 bits per heavy atom. The van der Waals surface area contributed by atoms with E-state index in [1.165, 1.54) is 55.2 Å². The fourth-order valence-electron chi connectivity index (χ4n) is 7.61. The van der Waals surface area contributed by atoms with Gasteiger partial charge in [0.25, 0.3) is 0 Å². The van der Waals surface area contributed by atoms with Gasteiger partial charge in [-0.25, -0.2) is 0 Å². The highest BCUT2D eigenvalue weighted by atomic mass is 15.1. The van der Waals surface area contributed by atoms with Crippen molar-refractivity contribution in [3.63, 3.8) is 0 Å². The van der Waals surface area contributed by atoms with Crippen molar-refractivity contribution in [3.8, 4) is 0 Å². The molecule has 0 saturated heterocycles. The fourth-order valence-corrected chi connectivity index (χ4v) is 7.61. The summed E-state index contributed by atoms with van der Waals surface area (Å²) >= 11 is 0. The van der Waals surface area contributed by atoms with Crippen LogP contribution in [0.25, 0.3) is 27.1 Å². The van der Waals surface area contributed by atoms with Gasteiger partial charge in [0.2, 0.25) is 0 Å². The second kappa shape index (κ2) is 14.8. The Balaban J connectivity index is 1.15. The van der Waals surface area contributed by atoms with E-state index in [1.54, 1.807) is 0 Å². The zero-order chi connectivity index (χ0) is 33.6. The van der Waals surface area contributed by atoms with Crippen LogP contribution in [0.2, 0.25) is 0 Å². The number of allylic oxidation sites excluding steroid dienone is 8. The molecule has 7 rings (SSSR count). The average molecular weight is 636 g/mol. The van der Waals surface area contributed by atoms with E-state index < -0.39 is 0 Å². The molecule has 0 radical (unpaired) electrons. The molecule has 0 aromatic heterocycles. The third-order valence-corrected chi connectivity index (χ3v) is 10.3. The molecule has 3 atom stereocenters. The molecular weight excluding hydrogens is 591 g/mol. The lowest BCUT2D eigenvalue weighted by Crippen LogP contribution is -2.21. The molecule has 49 heavy (non-hydrogen) atoms. The Morgan fingerprint density at radius 1 is 0.735 bits per heavy atom. The maximum absolute atomic E-state index is 2.48. The van der Waals surface area contributed by atoms with Crippen LogP contribution in [-0.2, 0) is 6.42 Å². The van der Waals surface area contributed by atoms with Crippen molar-refractivity contribution < 1.29 is 0 Å². The predicted molar refractivity (Wildman–Crippen MR) is 212 cm³/mol. The van der Waals surface area contributed by atoms with Gasteiger partial charge in [0, 0.05) is 16.8 Å². The predicted octanol–water partition coefficient (Wildman–Crippen LogP) is 13.2. The summed E-state index contributed by atoms with van der Waals surface area (Å²) in [5.41, 5.74) is 8.94. The fraction of sp³-hybridized carbons (Fsp3) is 0.167. The van der Waals surface area contributed by atoms with Gasteiger partial charge in [0.1, 0.15) is 0 Å². The van der Waals surface area contributed by atoms with Crippen LogP contribution in [0.3, 0.4) is 0 Å². The summed E-state index contributed by atoms with van der Waals surface area (Å²) in [7, 11) is 0. The molecule has 0 amide bonds. The first-order valence-electron chi connectivity index (χ1n) is 17.7. The Morgan fingerprint density at radius 2 is 1.39 bits per heavy atom. The number of nitrogens with zero attached hydrogens (tertiary/aromatic N) is 1. The molecule has 1 nitrogen and oxygen atoms in total. The molecule has 0 N–H and O–H groups in total. The van der Waals surface area contributed by atoms with E-state index in [0.29, 0.717) is 17.8 Å². The highest BCUT2D eigenvalue weighted by Crippen LogP contribution is 2.41. The molecule has 0 spiro atoms. The molecule has 1 aliphatic carbocycles. The highest BCUT2D eigenvalue weighted by molar-refractivity contribution is 5.97. The van der Waals surface area contributed by atoms with Crippen molar-refractivity contribution in [1.29, 1.82) is 0 Å². The summed E-state index contributed by atoms with van der Waals surface area (Å²) in [6.45, 7) is 6.71. The van der Waals surface area contributed by atoms with Gasteiger partial charge < -0.3 is 4.90 Å². The maximum Gasteiger partial charge on any atom is 0.0536 e. The first-order valence-corrected chi connectivity index (χ1v) is 17.7. The minimum absolute atomic E-state index is 0.413. The number of benzene rings is 6. The lowest BCUT2D eigenvalue weighted by atomic mass is 9.72. The molecular formula is C48H45N. The summed E-state index contributed by atoms with van der Waals surface area (Å²) < 4.78 is 0. The molecule has 0 bridgehead atoms. The lowest BCUT2D eigenvalue weighted by molar-refractivity contribution is 0.354. The van der Waals surface area contributed by atoms with E-state index in [2.05, 4.69) is 202 Å². The van der Waals surface area contributed by atoms with Crippen LogP contribution in [-0.4, -0.2) is 0 Å². The Hall–Kier alpha value is -5.40. The molecule has 0 fully saturated rings. The van der Waals surface area contributed by atoms with Crippen molar-refractivity contribution in [3.05, 3.63) is 198 Å². The molecule has 3 unspecified atom stereocenters. The van der Waals surface area contributed by atoms with Crippen molar-refractivity contribution in [2.75, 3.05) is 4.90 Å². The quantitative estimate of drug-likeness (QED) is 0.135. The van der Waals surface area contributed by atoms with Crippen LogP contribution in [0.4, 0.5) is 11.4 Å². The van der Waals surface area contributed by atoms with Gasteiger partial charge in [-0.2, -0.15) is 0 Å². The molecule has 6 aromatic rings. The summed E-state index contributed by atoms with van der Waals surface area (Å²) in [5.74, 6) is 1.36. The number of hydrogen-bond acceptors (Lipinski definition) is 1. The van der Waals surface area contributed by atoms with Crippen LogP contribution in [0.5, 0.6) is 0 Å². The van der Waals surface area contributed by atoms with Gasteiger partial charge in [0.05, 0.1) is 5.69 Å². The van der Waals surface area contributed by atoms with Crippen LogP contribution in [0.15, 0.2) is 182 Å². The Kier molecular flexibility index (Phi) is 9.71. The van der Waals surface area contributed by atoms with Crippen molar-refractivity contribution in [2.45, 2.75) is 39.5 Å². The largest absolute Gasteiger partial charge is 0.314 e. The first-order chi connectivity index (χ1) is 24.1. The summed E-state index contributed by atoms with van der Waals surface area (Å²) in [6.07, 6.45) is 15.7. The lowest BCUT2D eigenvalue weighted by Gasteiger charge is -2.32. The smallest absolute Gasteiger partial charge is 0.0536 e. The third kappa shape index (κ3) is 6.94. The molecule has 6 aromatic carbocycles. The average Bonchev–Trinajstić information content (AvgIpc) is 3.16. The van der Waals surface area contributed by atoms with Gasteiger partial charge in [-0.15, -0.1) is 0 Å². The molecule has 1 heteroatoms. The molecule has 1 aliphatic rings. The minimum atomic E-state index is 0.413. The first kappa shape index (κ1) is 32.2. The summed E-state index contributed by atoms with van der Waals surface area (Å²) in [6, 6.07) is 51.0. The minimum Gasteiger partial charge on any atom is -0.314 e. The molecule has 242 valence electrons. The highest BCUT2D eigenvalue weighted by Gasteiger charge is 2.28. The molecule has 0 heterocycles. The van der Waals surface area contributed by atoms with Crippen LogP contribution in [0.1, 0.15) is 49.8 Å². The molecule has 0 saturated carbocycles. The van der Waals surface area contributed by atoms with E-state index >= 15 is 0 Å². The zero-order valence-electron chi connectivity index (χ0n) is 28.8. The van der Waals surface area contributed by atoms with Crippen LogP contribution in [0, 0.1) is 11.8 Å². The van der Waals surface area contributed by atoms with Gasteiger partial charge in [-0.3, -0.25) is 0 Å². The summed E-state index contributed by atoms with van der Waals surface area (Å²) in [4.78, 5) is 2.37. The second-order valence-corrected chi connectivity index (χ2v) is 13.4. The van der Waals surface area contributed by atoms with Crippen molar-refractivity contribution in [1.82, 2.24) is 0 Å². The van der Waals surface area contributed by atoms with Crippen LogP contribution < -0.4 is 4.90 Å². The van der Waals surface area contributed by atoms with Gasteiger partial charge in [-0.1, -0.05) is 159 Å². The van der Waals surface area contributed by atoms with Gasteiger partial charge in [-0.05, 0) is 107 Å². The number of fused-ring (bicyclic) bond motifs is 2. The van der Waals surface area contributed by atoms with Gasteiger partial charge >= 0.3 is 0 Å². The maximum atomic E-state index is 2.48. The number of hydrogen-bond donors (Lipinski definition) is 0.